The van der Waals surface area contributed by atoms with E-state index in [1.54, 1.807) is 11.9 Å². The maximum Gasteiger partial charge on any atom is 0.0228 e. The van der Waals surface area contributed by atoms with E-state index >= 15 is 0 Å². The highest BCUT2D eigenvalue weighted by atomic mass is 79.9. The van der Waals surface area contributed by atoms with Gasteiger partial charge in [-0.2, -0.15) is 0 Å². The zero-order valence-corrected chi connectivity index (χ0v) is 9.41. The molecule has 0 aliphatic rings. The van der Waals surface area contributed by atoms with Crippen molar-refractivity contribution in [2.45, 2.75) is 11.8 Å². The molecule has 0 spiro atoms. The highest BCUT2D eigenvalue weighted by Crippen LogP contribution is 2.14. The number of rotatable bonds is 4. The molecule has 1 rings (SSSR count). The number of halogens is 1. The first-order valence-corrected chi connectivity index (χ1v) is 5.79. The van der Waals surface area contributed by atoms with Crippen LogP contribution in [0.4, 0.5) is 0 Å². The molecule has 0 unspecified atom stereocenters. The first-order chi connectivity index (χ1) is 5.83. The molecule has 0 aliphatic carbocycles. The number of benzene rings is 1. The van der Waals surface area contributed by atoms with Gasteiger partial charge in [0, 0.05) is 16.8 Å². The van der Waals surface area contributed by atoms with Gasteiger partial charge >= 0.3 is 0 Å². The first kappa shape index (κ1) is 10.1. The molecule has 0 bridgehead atoms. The third kappa shape index (κ3) is 3.61. The highest BCUT2D eigenvalue weighted by molar-refractivity contribution is 9.09. The Morgan fingerprint density at radius 3 is 2.58 bits per heavy atom. The molecule has 0 amide bonds. The molecule has 12 heavy (non-hydrogen) atoms. The molecule has 0 heterocycles. The second-order valence-corrected chi connectivity index (χ2v) is 4.26. The van der Waals surface area contributed by atoms with E-state index in [1.165, 1.54) is 10.5 Å². The predicted molar refractivity (Wildman–Crippen MR) is 58.8 cm³/mol. The quantitative estimate of drug-likeness (QED) is 0.498. The molecule has 0 aliphatic heterocycles. The van der Waals surface area contributed by atoms with E-state index in [9.17, 15) is 0 Å². The maximum atomic E-state index is 3.36. The van der Waals surface area contributed by atoms with Crippen LogP contribution in [0.1, 0.15) is 5.56 Å². The van der Waals surface area contributed by atoms with Crippen molar-refractivity contribution in [1.29, 1.82) is 0 Å². The SMILES string of the molecule is Cc1ccc(SNCCBr)cc1. The number of aryl methyl sites for hydroxylation is 1. The third-order valence-corrected chi connectivity index (χ3v) is 2.66. The summed E-state index contributed by atoms with van der Waals surface area (Å²) in [6.45, 7) is 3.08. The van der Waals surface area contributed by atoms with E-state index in [4.69, 9.17) is 0 Å². The summed E-state index contributed by atoms with van der Waals surface area (Å²) in [5.74, 6) is 0. The lowest BCUT2D eigenvalue weighted by atomic mass is 10.2. The zero-order valence-electron chi connectivity index (χ0n) is 7.01. The number of nitrogens with one attached hydrogen (secondary N) is 1. The Bertz CT molecular complexity index is 222. The second kappa shape index (κ2) is 5.62. The Kier molecular flexibility index (Phi) is 4.73. The van der Waals surface area contributed by atoms with E-state index in [2.05, 4.69) is 51.8 Å². The van der Waals surface area contributed by atoms with E-state index < -0.39 is 0 Å². The van der Waals surface area contributed by atoms with Crippen molar-refractivity contribution in [1.82, 2.24) is 4.72 Å². The molecule has 0 aromatic heterocycles. The van der Waals surface area contributed by atoms with Crippen molar-refractivity contribution in [3.8, 4) is 0 Å². The van der Waals surface area contributed by atoms with Crippen LogP contribution >= 0.6 is 27.9 Å². The summed E-state index contributed by atoms with van der Waals surface area (Å²) >= 11 is 5.03. The van der Waals surface area contributed by atoms with Gasteiger partial charge in [-0.1, -0.05) is 33.6 Å². The van der Waals surface area contributed by atoms with E-state index in [0.717, 1.165) is 11.9 Å². The van der Waals surface area contributed by atoms with Crippen molar-refractivity contribution in [3.05, 3.63) is 29.8 Å². The molecule has 1 aromatic rings. The minimum absolute atomic E-state index is 0.985. The lowest BCUT2D eigenvalue weighted by Gasteiger charge is -2.01. The van der Waals surface area contributed by atoms with Crippen LogP contribution in [0.15, 0.2) is 29.2 Å². The Morgan fingerprint density at radius 2 is 2.00 bits per heavy atom. The van der Waals surface area contributed by atoms with E-state index in [0.29, 0.717) is 0 Å². The smallest absolute Gasteiger partial charge is 0.0228 e. The van der Waals surface area contributed by atoms with Crippen LogP contribution in [0.3, 0.4) is 0 Å². The molecule has 0 saturated heterocycles. The van der Waals surface area contributed by atoms with Crippen LogP contribution in [-0.4, -0.2) is 11.9 Å². The second-order valence-electron chi connectivity index (χ2n) is 2.50. The Balaban J connectivity index is 2.37. The van der Waals surface area contributed by atoms with Crippen LogP contribution in [0, 0.1) is 6.92 Å². The molecule has 1 nitrogen and oxygen atoms in total. The predicted octanol–water partition coefficient (Wildman–Crippen LogP) is 2.99. The van der Waals surface area contributed by atoms with Crippen molar-refractivity contribution in [2.24, 2.45) is 0 Å². The van der Waals surface area contributed by atoms with Gasteiger partial charge in [0.1, 0.15) is 0 Å². The van der Waals surface area contributed by atoms with Gasteiger partial charge in [-0.15, -0.1) is 0 Å². The topological polar surface area (TPSA) is 12.0 Å². The van der Waals surface area contributed by atoms with Gasteiger partial charge in [-0.25, -0.2) is 0 Å². The molecular formula is C9H12BrNS. The minimum atomic E-state index is 0.985. The summed E-state index contributed by atoms with van der Waals surface area (Å²) in [6, 6.07) is 8.50. The largest absolute Gasteiger partial charge is 0.259 e. The fraction of sp³-hybridized carbons (Fsp3) is 0.333. The number of hydrogen-bond acceptors (Lipinski definition) is 2. The molecule has 1 aromatic carbocycles. The molecular weight excluding hydrogens is 234 g/mol. The maximum absolute atomic E-state index is 3.36. The summed E-state index contributed by atoms with van der Waals surface area (Å²) in [6.07, 6.45) is 0. The molecule has 66 valence electrons. The van der Waals surface area contributed by atoms with E-state index in [-0.39, 0.29) is 0 Å². The highest BCUT2D eigenvalue weighted by Gasteiger charge is 1.91. The van der Waals surface area contributed by atoms with Crippen LogP contribution in [0.2, 0.25) is 0 Å². The summed E-state index contributed by atoms with van der Waals surface area (Å²) in [4.78, 5) is 1.27. The van der Waals surface area contributed by atoms with Crippen molar-refractivity contribution >= 4 is 27.9 Å². The normalized spacial score (nSPS) is 10.2. The number of alkyl halides is 1. The standard InChI is InChI=1S/C9H12BrNS/c1-8-2-4-9(5-3-8)12-11-7-6-10/h2-5,11H,6-7H2,1H3. The number of hydrogen-bond donors (Lipinski definition) is 1. The summed E-state index contributed by atoms with van der Waals surface area (Å²) in [7, 11) is 0. The molecule has 3 heteroatoms. The van der Waals surface area contributed by atoms with Gasteiger partial charge in [-0.05, 0) is 31.0 Å². The summed E-state index contributed by atoms with van der Waals surface area (Å²) in [5.41, 5.74) is 1.31. The fourth-order valence-electron chi connectivity index (χ4n) is 0.779. The molecule has 0 atom stereocenters. The van der Waals surface area contributed by atoms with Crippen molar-refractivity contribution in [3.63, 3.8) is 0 Å². The molecule has 0 radical (unpaired) electrons. The first-order valence-electron chi connectivity index (χ1n) is 3.85. The molecule has 0 fully saturated rings. The van der Waals surface area contributed by atoms with Crippen LogP contribution < -0.4 is 4.72 Å². The summed E-state index contributed by atoms with van der Waals surface area (Å²) in [5, 5.41) is 0.992. The lowest BCUT2D eigenvalue weighted by Crippen LogP contribution is -2.05. The van der Waals surface area contributed by atoms with Gasteiger partial charge in [0.15, 0.2) is 0 Å². The average Bonchev–Trinajstić information content (AvgIpc) is 2.09. The van der Waals surface area contributed by atoms with Crippen LogP contribution in [0.25, 0.3) is 0 Å². The van der Waals surface area contributed by atoms with E-state index in [1.807, 2.05) is 0 Å². The Morgan fingerprint density at radius 1 is 1.33 bits per heavy atom. The fourth-order valence-corrected chi connectivity index (χ4v) is 1.88. The van der Waals surface area contributed by atoms with Gasteiger partial charge in [0.2, 0.25) is 0 Å². The molecule has 0 saturated carbocycles. The monoisotopic (exact) mass is 245 g/mol. The van der Waals surface area contributed by atoms with Gasteiger partial charge in [0.05, 0.1) is 0 Å². The van der Waals surface area contributed by atoms with Gasteiger partial charge in [0.25, 0.3) is 0 Å². The Hall–Kier alpha value is 0.01000. The van der Waals surface area contributed by atoms with Crippen LogP contribution in [0.5, 0.6) is 0 Å². The van der Waals surface area contributed by atoms with Crippen molar-refractivity contribution < 1.29 is 0 Å². The van der Waals surface area contributed by atoms with Crippen LogP contribution in [-0.2, 0) is 0 Å². The third-order valence-electron chi connectivity index (χ3n) is 1.41. The summed E-state index contributed by atoms with van der Waals surface area (Å²) < 4.78 is 3.24. The molecule has 1 N–H and O–H groups in total. The lowest BCUT2D eigenvalue weighted by molar-refractivity contribution is 1.05. The average molecular weight is 246 g/mol. The van der Waals surface area contributed by atoms with Gasteiger partial charge in [-0.3, -0.25) is 4.72 Å². The van der Waals surface area contributed by atoms with Gasteiger partial charge < -0.3 is 0 Å². The van der Waals surface area contributed by atoms with Crippen molar-refractivity contribution in [2.75, 3.05) is 11.9 Å². The Labute approximate surface area is 86.2 Å². The minimum Gasteiger partial charge on any atom is -0.259 e. The zero-order chi connectivity index (χ0) is 8.81.